The molecule has 18 heavy (non-hydrogen) atoms. The number of nitrogens with zero attached hydrogens (tertiary/aromatic N) is 1. The summed E-state index contributed by atoms with van der Waals surface area (Å²) in [6, 6.07) is 8.46. The highest BCUT2D eigenvalue weighted by Crippen LogP contribution is 2.22. The first-order chi connectivity index (χ1) is 8.72. The fraction of sp³-hybridized carbons (Fsp3) is 0.600. The van der Waals surface area contributed by atoms with Crippen LogP contribution in [-0.4, -0.2) is 37.9 Å². The number of unbranched alkanes of at least 4 members (excludes halogenated alkanes) is 1. The van der Waals surface area contributed by atoms with E-state index in [1.54, 1.807) is 0 Å². The number of rotatable bonds is 9. The highest BCUT2D eigenvalue weighted by molar-refractivity contribution is 7.99. The Kier molecular flexibility index (Phi) is 7.94. The molecule has 0 aliphatic rings. The van der Waals surface area contributed by atoms with Crippen LogP contribution in [0.15, 0.2) is 29.2 Å². The Morgan fingerprint density at radius 3 is 2.44 bits per heavy atom. The maximum absolute atomic E-state index is 5.64. The van der Waals surface area contributed by atoms with Crippen LogP contribution >= 0.6 is 11.8 Å². The van der Waals surface area contributed by atoms with E-state index in [0.717, 1.165) is 25.3 Å². The highest BCUT2D eigenvalue weighted by atomic mass is 32.2. The van der Waals surface area contributed by atoms with E-state index in [9.17, 15) is 0 Å². The molecule has 0 aliphatic heterocycles. The molecule has 0 saturated heterocycles. The van der Waals surface area contributed by atoms with Gasteiger partial charge in [0.1, 0.15) is 5.75 Å². The van der Waals surface area contributed by atoms with Gasteiger partial charge in [-0.25, -0.2) is 0 Å². The average molecular weight is 267 g/mol. The second kappa shape index (κ2) is 9.29. The van der Waals surface area contributed by atoms with Crippen molar-refractivity contribution in [3.63, 3.8) is 0 Å². The Hall–Kier alpha value is -0.670. The average Bonchev–Trinajstić information content (AvgIpc) is 2.36. The molecule has 0 heterocycles. The third kappa shape index (κ3) is 6.92. The zero-order valence-corrected chi connectivity index (χ0v) is 12.6. The van der Waals surface area contributed by atoms with E-state index in [1.807, 2.05) is 11.8 Å². The molecule has 0 radical (unpaired) electrons. The number of hydrogen-bond acceptors (Lipinski definition) is 3. The highest BCUT2D eigenvalue weighted by Gasteiger charge is 1.97. The Morgan fingerprint density at radius 2 is 1.83 bits per heavy atom. The SMILES string of the molecule is CCCCOc1ccc(SCCCN(C)C)cc1. The summed E-state index contributed by atoms with van der Waals surface area (Å²) in [5.74, 6) is 2.16. The first kappa shape index (κ1) is 15.4. The number of ether oxygens (including phenoxy) is 1. The monoisotopic (exact) mass is 267 g/mol. The van der Waals surface area contributed by atoms with Gasteiger partial charge in [-0.05, 0) is 63.5 Å². The lowest BCUT2D eigenvalue weighted by Gasteiger charge is -2.09. The second-order valence-electron chi connectivity index (χ2n) is 4.68. The quantitative estimate of drug-likeness (QED) is 0.497. The molecule has 0 spiro atoms. The van der Waals surface area contributed by atoms with Gasteiger partial charge < -0.3 is 9.64 Å². The Bertz CT molecular complexity index is 311. The molecule has 1 rings (SSSR count). The van der Waals surface area contributed by atoms with Gasteiger partial charge in [-0.3, -0.25) is 0 Å². The van der Waals surface area contributed by atoms with Crippen molar-refractivity contribution in [2.75, 3.05) is 33.0 Å². The number of thioether (sulfide) groups is 1. The van der Waals surface area contributed by atoms with E-state index in [0.29, 0.717) is 0 Å². The summed E-state index contributed by atoms with van der Waals surface area (Å²) < 4.78 is 5.64. The standard InChI is InChI=1S/C15H25NOS/c1-4-5-12-17-14-7-9-15(10-8-14)18-13-6-11-16(2)3/h7-10H,4-6,11-13H2,1-3H3. The Morgan fingerprint density at radius 1 is 1.11 bits per heavy atom. The molecule has 0 bridgehead atoms. The van der Waals surface area contributed by atoms with E-state index in [4.69, 9.17) is 4.74 Å². The van der Waals surface area contributed by atoms with Crippen LogP contribution in [0, 0.1) is 0 Å². The molecule has 0 unspecified atom stereocenters. The van der Waals surface area contributed by atoms with Crippen LogP contribution in [0.1, 0.15) is 26.2 Å². The molecular formula is C15H25NOS. The van der Waals surface area contributed by atoms with Gasteiger partial charge in [0.2, 0.25) is 0 Å². The number of hydrogen-bond donors (Lipinski definition) is 0. The van der Waals surface area contributed by atoms with Crippen LogP contribution in [0.25, 0.3) is 0 Å². The van der Waals surface area contributed by atoms with Crippen molar-refractivity contribution in [1.82, 2.24) is 4.90 Å². The minimum Gasteiger partial charge on any atom is -0.494 e. The molecule has 0 saturated carbocycles. The van der Waals surface area contributed by atoms with Crippen LogP contribution in [0.5, 0.6) is 5.75 Å². The van der Waals surface area contributed by atoms with Gasteiger partial charge in [0.25, 0.3) is 0 Å². The van der Waals surface area contributed by atoms with Gasteiger partial charge in [-0.15, -0.1) is 11.8 Å². The Labute approximate surface area is 116 Å². The Balaban J connectivity index is 2.23. The van der Waals surface area contributed by atoms with Gasteiger partial charge in [-0.2, -0.15) is 0 Å². The van der Waals surface area contributed by atoms with Crippen molar-refractivity contribution in [3.05, 3.63) is 24.3 Å². The van der Waals surface area contributed by atoms with E-state index in [2.05, 4.69) is 50.2 Å². The summed E-state index contributed by atoms with van der Waals surface area (Å²) in [6.45, 7) is 4.16. The van der Waals surface area contributed by atoms with E-state index < -0.39 is 0 Å². The van der Waals surface area contributed by atoms with E-state index in [1.165, 1.54) is 23.5 Å². The summed E-state index contributed by atoms with van der Waals surface area (Å²) in [5.41, 5.74) is 0. The zero-order chi connectivity index (χ0) is 13.2. The lowest BCUT2D eigenvalue weighted by molar-refractivity contribution is 0.309. The van der Waals surface area contributed by atoms with E-state index in [-0.39, 0.29) is 0 Å². The fourth-order valence-corrected chi connectivity index (χ4v) is 2.37. The maximum Gasteiger partial charge on any atom is 0.119 e. The molecule has 102 valence electrons. The molecule has 0 fully saturated rings. The van der Waals surface area contributed by atoms with Gasteiger partial charge >= 0.3 is 0 Å². The van der Waals surface area contributed by atoms with Crippen molar-refractivity contribution in [2.45, 2.75) is 31.1 Å². The summed E-state index contributed by atoms with van der Waals surface area (Å²) >= 11 is 1.92. The molecule has 2 nitrogen and oxygen atoms in total. The van der Waals surface area contributed by atoms with E-state index >= 15 is 0 Å². The predicted molar refractivity (Wildman–Crippen MR) is 80.7 cm³/mol. The third-order valence-electron chi connectivity index (χ3n) is 2.61. The normalized spacial score (nSPS) is 10.9. The summed E-state index contributed by atoms with van der Waals surface area (Å²) in [5, 5.41) is 0. The minimum atomic E-state index is 0.825. The molecule has 1 aromatic carbocycles. The molecule has 3 heteroatoms. The van der Waals surface area contributed by atoms with Crippen molar-refractivity contribution in [1.29, 1.82) is 0 Å². The smallest absolute Gasteiger partial charge is 0.119 e. The van der Waals surface area contributed by atoms with Crippen LogP contribution in [-0.2, 0) is 0 Å². The van der Waals surface area contributed by atoms with Gasteiger partial charge in [0.05, 0.1) is 6.61 Å². The number of benzene rings is 1. The molecule has 0 amide bonds. The third-order valence-corrected chi connectivity index (χ3v) is 3.71. The van der Waals surface area contributed by atoms with Crippen LogP contribution in [0.2, 0.25) is 0 Å². The lowest BCUT2D eigenvalue weighted by Crippen LogP contribution is -2.13. The van der Waals surface area contributed by atoms with Gasteiger partial charge in [0.15, 0.2) is 0 Å². The minimum absolute atomic E-state index is 0.825. The van der Waals surface area contributed by atoms with Gasteiger partial charge in [-0.1, -0.05) is 13.3 Å². The summed E-state index contributed by atoms with van der Waals surface area (Å²) in [4.78, 5) is 3.56. The largest absolute Gasteiger partial charge is 0.494 e. The molecule has 0 atom stereocenters. The summed E-state index contributed by atoms with van der Waals surface area (Å²) in [6.07, 6.45) is 3.53. The van der Waals surface area contributed by atoms with Crippen molar-refractivity contribution < 1.29 is 4.74 Å². The van der Waals surface area contributed by atoms with Crippen molar-refractivity contribution in [3.8, 4) is 5.75 Å². The first-order valence-electron chi connectivity index (χ1n) is 6.72. The van der Waals surface area contributed by atoms with Crippen molar-refractivity contribution in [2.24, 2.45) is 0 Å². The molecule has 0 aliphatic carbocycles. The second-order valence-corrected chi connectivity index (χ2v) is 5.85. The summed E-state index contributed by atoms with van der Waals surface area (Å²) in [7, 11) is 4.24. The molecule has 0 N–H and O–H groups in total. The molecule has 1 aromatic rings. The fourth-order valence-electron chi connectivity index (χ4n) is 1.54. The first-order valence-corrected chi connectivity index (χ1v) is 7.71. The molecule has 0 aromatic heterocycles. The zero-order valence-electron chi connectivity index (χ0n) is 11.8. The van der Waals surface area contributed by atoms with Gasteiger partial charge in [0, 0.05) is 4.90 Å². The van der Waals surface area contributed by atoms with Crippen LogP contribution in [0.4, 0.5) is 0 Å². The lowest BCUT2D eigenvalue weighted by atomic mass is 10.3. The maximum atomic E-state index is 5.64. The van der Waals surface area contributed by atoms with Crippen LogP contribution in [0.3, 0.4) is 0 Å². The van der Waals surface area contributed by atoms with Crippen molar-refractivity contribution >= 4 is 11.8 Å². The predicted octanol–water partition coefficient (Wildman–Crippen LogP) is 3.91. The molecular weight excluding hydrogens is 242 g/mol. The topological polar surface area (TPSA) is 12.5 Å². The van der Waals surface area contributed by atoms with Crippen LogP contribution < -0.4 is 4.74 Å².